The number of carbonyl (C=O) groups is 1. The molecule has 0 saturated carbocycles. The van der Waals surface area contributed by atoms with Crippen molar-refractivity contribution in [2.45, 2.75) is 32.4 Å². The third-order valence-electron chi connectivity index (χ3n) is 4.41. The molecule has 2 rings (SSSR count). The quantitative estimate of drug-likeness (QED) is 0.566. The van der Waals surface area contributed by atoms with E-state index in [1.807, 2.05) is 31.2 Å². The Balaban J connectivity index is 1.71. The maximum absolute atomic E-state index is 12.1. The molecule has 26 heavy (non-hydrogen) atoms. The summed E-state index contributed by atoms with van der Waals surface area (Å²) in [4.78, 5) is 18.5. The van der Waals surface area contributed by atoms with Gasteiger partial charge in [0.25, 0.3) is 0 Å². The minimum absolute atomic E-state index is 0.0637. The number of piperidine rings is 1. The van der Waals surface area contributed by atoms with Gasteiger partial charge in [0.15, 0.2) is 5.96 Å². The first kappa shape index (κ1) is 20.0. The number of aliphatic imine (C=N–C) groups is 1. The number of nitrogens with zero attached hydrogens (tertiary/aromatic N) is 2. The van der Waals surface area contributed by atoms with Crippen molar-refractivity contribution in [2.24, 2.45) is 4.99 Å². The van der Waals surface area contributed by atoms with Crippen LogP contribution in [-0.2, 0) is 16.1 Å². The minimum atomic E-state index is -0.0637. The molecule has 1 aromatic rings. The SMILES string of the molecule is CCOC1CCN(C(=NC)NCC(=O)NCc2ccc(OC)cc2)CC1. The molecule has 0 atom stereocenters. The number of likely N-dealkylation sites (tertiary alicyclic amines) is 1. The molecule has 0 bridgehead atoms. The molecule has 0 unspecified atom stereocenters. The Labute approximate surface area is 155 Å². The second-order valence-corrected chi connectivity index (χ2v) is 6.17. The summed E-state index contributed by atoms with van der Waals surface area (Å²) < 4.78 is 10.8. The lowest BCUT2D eigenvalue weighted by Gasteiger charge is -2.33. The molecule has 1 heterocycles. The molecule has 1 aromatic carbocycles. The van der Waals surface area contributed by atoms with E-state index in [4.69, 9.17) is 9.47 Å². The van der Waals surface area contributed by atoms with Gasteiger partial charge in [-0.3, -0.25) is 9.79 Å². The average molecular weight is 362 g/mol. The number of hydrogen-bond acceptors (Lipinski definition) is 4. The van der Waals surface area contributed by atoms with E-state index in [-0.39, 0.29) is 12.5 Å². The zero-order valence-corrected chi connectivity index (χ0v) is 16.0. The lowest BCUT2D eigenvalue weighted by atomic mass is 10.1. The maximum Gasteiger partial charge on any atom is 0.239 e. The normalized spacial score (nSPS) is 15.7. The summed E-state index contributed by atoms with van der Waals surface area (Å²) in [6.07, 6.45) is 2.30. The lowest BCUT2D eigenvalue weighted by molar-refractivity contribution is -0.120. The third-order valence-corrected chi connectivity index (χ3v) is 4.41. The smallest absolute Gasteiger partial charge is 0.239 e. The van der Waals surface area contributed by atoms with Gasteiger partial charge in [-0.1, -0.05) is 12.1 Å². The van der Waals surface area contributed by atoms with Gasteiger partial charge >= 0.3 is 0 Å². The first-order chi connectivity index (χ1) is 12.7. The fourth-order valence-corrected chi connectivity index (χ4v) is 2.97. The van der Waals surface area contributed by atoms with Gasteiger partial charge in [-0.05, 0) is 37.5 Å². The van der Waals surface area contributed by atoms with Crippen LogP contribution in [0, 0.1) is 0 Å². The van der Waals surface area contributed by atoms with Crippen LogP contribution in [0.5, 0.6) is 5.75 Å². The van der Waals surface area contributed by atoms with E-state index in [0.29, 0.717) is 12.6 Å². The highest BCUT2D eigenvalue weighted by molar-refractivity contribution is 5.86. The van der Waals surface area contributed by atoms with E-state index in [1.54, 1.807) is 14.2 Å². The second-order valence-electron chi connectivity index (χ2n) is 6.17. The highest BCUT2D eigenvalue weighted by atomic mass is 16.5. The van der Waals surface area contributed by atoms with Crippen molar-refractivity contribution in [3.05, 3.63) is 29.8 Å². The van der Waals surface area contributed by atoms with Gasteiger partial charge in [0.05, 0.1) is 19.8 Å². The number of amides is 1. The fraction of sp³-hybridized carbons (Fsp3) is 0.579. The minimum Gasteiger partial charge on any atom is -0.497 e. The summed E-state index contributed by atoms with van der Waals surface area (Å²) in [6, 6.07) is 7.64. The Bertz CT molecular complexity index is 581. The Morgan fingerprint density at radius 1 is 1.23 bits per heavy atom. The van der Waals surface area contributed by atoms with Gasteiger partial charge in [-0.15, -0.1) is 0 Å². The largest absolute Gasteiger partial charge is 0.497 e. The molecule has 1 saturated heterocycles. The summed E-state index contributed by atoms with van der Waals surface area (Å²) in [6.45, 7) is 5.25. The topological polar surface area (TPSA) is 75.2 Å². The van der Waals surface area contributed by atoms with Gasteiger partial charge in [0, 0.05) is 33.3 Å². The van der Waals surface area contributed by atoms with E-state index in [0.717, 1.165) is 49.8 Å². The van der Waals surface area contributed by atoms with E-state index in [2.05, 4.69) is 20.5 Å². The molecule has 1 aliphatic rings. The summed E-state index contributed by atoms with van der Waals surface area (Å²) >= 11 is 0. The highest BCUT2D eigenvalue weighted by Gasteiger charge is 2.21. The van der Waals surface area contributed by atoms with Gasteiger partial charge in [-0.2, -0.15) is 0 Å². The van der Waals surface area contributed by atoms with Crippen molar-refractivity contribution < 1.29 is 14.3 Å². The summed E-state index contributed by atoms with van der Waals surface area (Å²) in [5.74, 6) is 1.50. The molecule has 0 spiro atoms. The molecule has 7 heteroatoms. The zero-order valence-electron chi connectivity index (χ0n) is 16.0. The van der Waals surface area contributed by atoms with Crippen LogP contribution < -0.4 is 15.4 Å². The fourth-order valence-electron chi connectivity index (χ4n) is 2.97. The Kier molecular flexibility index (Phi) is 8.21. The van der Waals surface area contributed by atoms with Crippen molar-refractivity contribution in [1.29, 1.82) is 0 Å². The van der Waals surface area contributed by atoms with Crippen molar-refractivity contribution in [2.75, 3.05) is 40.4 Å². The molecular formula is C19H30N4O3. The van der Waals surface area contributed by atoms with E-state index in [1.165, 1.54) is 0 Å². The van der Waals surface area contributed by atoms with E-state index in [9.17, 15) is 4.79 Å². The number of nitrogens with one attached hydrogen (secondary N) is 2. The molecule has 0 radical (unpaired) electrons. The predicted octanol–water partition coefficient (Wildman–Crippen LogP) is 1.39. The molecule has 0 aromatic heterocycles. The molecular weight excluding hydrogens is 332 g/mol. The zero-order chi connectivity index (χ0) is 18.8. The molecule has 1 amide bonds. The van der Waals surface area contributed by atoms with Crippen LogP contribution in [0.15, 0.2) is 29.3 Å². The van der Waals surface area contributed by atoms with Crippen molar-refractivity contribution in [1.82, 2.24) is 15.5 Å². The predicted molar refractivity (Wildman–Crippen MR) is 102 cm³/mol. The van der Waals surface area contributed by atoms with Crippen molar-refractivity contribution in [3.63, 3.8) is 0 Å². The van der Waals surface area contributed by atoms with Crippen LogP contribution in [-0.4, -0.2) is 63.3 Å². The number of guanidine groups is 1. The van der Waals surface area contributed by atoms with Crippen LogP contribution in [0.1, 0.15) is 25.3 Å². The van der Waals surface area contributed by atoms with Gasteiger partial charge in [0.1, 0.15) is 5.75 Å². The van der Waals surface area contributed by atoms with Crippen LogP contribution in [0.3, 0.4) is 0 Å². The number of hydrogen-bond donors (Lipinski definition) is 2. The number of methoxy groups -OCH3 is 1. The van der Waals surface area contributed by atoms with E-state index < -0.39 is 0 Å². The van der Waals surface area contributed by atoms with Crippen molar-refractivity contribution >= 4 is 11.9 Å². The van der Waals surface area contributed by atoms with Gasteiger partial charge in [-0.25, -0.2) is 0 Å². The molecule has 0 aliphatic carbocycles. The maximum atomic E-state index is 12.1. The monoisotopic (exact) mass is 362 g/mol. The van der Waals surface area contributed by atoms with Gasteiger partial charge < -0.3 is 25.0 Å². The Hall–Kier alpha value is -2.28. The molecule has 144 valence electrons. The molecule has 1 fully saturated rings. The summed E-state index contributed by atoms with van der Waals surface area (Å²) in [5.41, 5.74) is 1.03. The lowest BCUT2D eigenvalue weighted by Crippen LogP contribution is -2.49. The van der Waals surface area contributed by atoms with Crippen LogP contribution in [0.25, 0.3) is 0 Å². The number of benzene rings is 1. The number of carbonyl (C=O) groups excluding carboxylic acids is 1. The highest BCUT2D eigenvalue weighted by Crippen LogP contribution is 2.13. The third kappa shape index (κ3) is 6.22. The summed E-state index contributed by atoms with van der Waals surface area (Å²) in [5, 5.41) is 6.05. The molecule has 7 nitrogen and oxygen atoms in total. The molecule has 1 aliphatic heterocycles. The Morgan fingerprint density at radius 3 is 2.50 bits per heavy atom. The first-order valence-corrected chi connectivity index (χ1v) is 9.13. The first-order valence-electron chi connectivity index (χ1n) is 9.13. The number of rotatable bonds is 7. The van der Waals surface area contributed by atoms with E-state index >= 15 is 0 Å². The second kappa shape index (κ2) is 10.7. The average Bonchev–Trinajstić information content (AvgIpc) is 2.68. The van der Waals surface area contributed by atoms with Gasteiger partial charge in [0.2, 0.25) is 5.91 Å². The summed E-state index contributed by atoms with van der Waals surface area (Å²) in [7, 11) is 3.38. The Morgan fingerprint density at radius 2 is 1.92 bits per heavy atom. The standard InChI is InChI=1S/C19H30N4O3/c1-4-26-17-9-11-23(12-10-17)19(20-2)22-14-18(24)21-13-15-5-7-16(25-3)8-6-15/h5-8,17H,4,9-14H2,1-3H3,(H,20,22)(H,21,24). The number of ether oxygens (including phenoxy) is 2. The van der Waals surface area contributed by atoms with Crippen molar-refractivity contribution in [3.8, 4) is 5.75 Å². The molecule has 2 N–H and O–H groups in total. The van der Waals surface area contributed by atoms with Crippen LogP contribution >= 0.6 is 0 Å². The van der Waals surface area contributed by atoms with Crippen LogP contribution in [0.2, 0.25) is 0 Å². The van der Waals surface area contributed by atoms with Crippen LogP contribution in [0.4, 0.5) is 0 Å².